The first-order valence-corrected chi connectivity index (χ1v) is 7.13. The summed E-state index contributed by atoms with van der Waals surface area (Å²) in [6.07, 6.45) is -0.659. The molecule has 0 heterocycles. The van der Waals surface area contributed by atoms with Crippen molar-refractivity contribution in [3.05, 3.63) is 58.1 Å². The van der Waals surface area contributed by atoms with E-state index in [9.17, 15) is 9.90 Å². The number of anilines is 2. The third-order valence-corrected chi connectivity index (χ3v) is 3.72. The van der Waals surface area contributed by atoms with E-state index in [0.29, 0.717) is 22.3 Å². The molecular weight excluding hydrogens is 334 g/mol. The van der Waals surface area contributed by atoms with Gasteiger partial charge < -0.3 is 21.9 Å². The van der Waals surface area contributed by atoms with Crippen molar-refractivity contribution in [1.82, 2.24) is 0 Å². The lowest BCUT2D eigenvalue weighted by atomic mass is 10.1. The molecule has 0 fully saturated rings. The van der Waals surface area contributed by atoms with Crippen LogP contribution in [0, 0.1) is 0 Å². The smallest absolute Gasteiger partial charge is 0.248 e. The van der Waals surface area contributed by atoms with Crippen molar-refractivity contribution in [3.8, 4) is 0 Å². The Bertz CT molecular complexity index is 644. The molecule has 2 rings (SSSR count). The highest BCUT2D eigenvalue weighted by molar-refractivity contribution is 9.10. The third kappa shape index (κ3) is 3.96. The average Bonchev–Trinajstić information content (AvgIpc) is 2.46. The van der Waals surface area contributed by atoms with Crippen LogP contribution in [0.4, 0.5) is 11.4 Å². The van der Waals surface area contributed by atoms with E-state index < -0.39 is 12.0 Å². The fourth-order valence-electron chi connectivity index (χ4n) is 1.85. The summed E-state index contributed by atoms with van der Waals surface area (Å²) in [6.45, 7) is 0.332. The summed E-state index contributed by atoms with van der Waals surface area (Å²) in [6, 6.07) is 12.1. The standard InChI is InChI=1S/C15H16BrN3O2/c16-12-7-10(15(18)21)3-6-13(12)19-8-14(20)9-1-4-11(17)5-2-9/h1-7,14,19-20H,8,17H2,(H2,18,21). The molecule has 1 amide bonds. The van der Waals surface area contributed by atoms with Gasteiger partial charge in [0.1, 0.15) is 0 Å². The summed E-state index contributed by atoms with van der Waals surface area (Å²) in [5, 5.41) is 13.2. The molecule has 6 N–H and O–H groups in total. The first-order chi connectivity index (χ1) is 9.97. The number of primary amides is 1. The highest BCUT2D eigenvalue weighted by atomic mass is 79.9. The number of nitrogens with two attached hydrogens (primary N) is 2. The van der Waals surface area contributed by atoms with Crippen LogP contribution in [0.2, 0.25) is 0 Å². The first-order valence-electron chi connectivity index (χ1n) is 6.34. The molecule has 21 heavy (non-hydrogen) atoms. The molecule has 0 aliphatic carbocycles. The number of amides is 1. The van der Waals surface area contributed by atoms with Crippen molar-refractivity contribution < 1.29 is 9.90 Å². The molecule has 2 aromatic rings. The van der Waals surface area contributed by atoms with Gasteiger partial charge in [0.15, 0.2) is 0 Å². The maximum atomic E-state index is 11.1. The van der Waals surface area contributed by atoms with E-state index in [4.69, 9.17) is 11.5 Å². The summed E-state index contributed by atoms with van der Waals surface area (Å²) < 4.78 is 0.711. The molecule has 110 valence electrons. The van der Waals surface area contributed by atoms with Gasteiger partial charge in [-0.1, -0.05) is 12.1 Å². The Labute approximate surface area is 131 Å². The maximum Gasteiger partial charge on any atom is 0.248 e. The van der Waals surface area contributed by atoms with Gasteiger partial charge in [0.25, 0.3) is 0 Å². The Morgan fingerprint density at radius 2 is 1.90 bits per heavy atom. The molecule has 6 heteroatoms. The van der Waals surface area contributed by atoms with Gasteiger partial charge in [-0.25, -0.2) is 0 Å². The van der Waals surface area contributed by atoms with E-state index >= 15 is 0 Å². The number of rotatable bonds is 5. The number of nitrogen functional groups attached to an aromatic ring is 1. The molecule has 0 saturated carbocycles. The zero-order chi connectivity index (χ0) is 15.4. The second-order valence-electron chi connectivity index (χ2n) is 4.62. The quantitative estimate of drug-likeness (QED) is 0.622. The summed E-state index contributed by atoms with van der Waals surface area (Å²) in [5.41, 5.74) is 13.5. The van der Waals surface area contributed by atoms with Crippen LogP contribution >= 0.6 is 15.9 Å². The number of hydrogen-bond donors (Lipinski definition) is 4. The SMILES string of the molecule is NC(=O)c1ccc(NCC(O)c2ccc(N)cc2)c(Br)c1. The van der Waals surface area contributed by atoms with E-state index in [0.717, 1.165) is 11.3 Å². The molecule has 5 nitrogen and oxygen atoms in total. The Hall–Kier alpha value is -2.05. The Kier molecular flexibility index (Phi) is 4.82. The van der Waals surface area contributed by atoms with Gasteiger partial charge in [0.05, 0.1) is 6.10 Å². The number of halogens is 1. The predicted octanol–water partition coefficient (Wildman–Crippen LogP) is 2.28. The first kappa shape index (κ1) is 15.3. The van der Waals surface area contributed by atoms with Crippen molar-refractivity contribution in [2.45, 2.75) is 6.10 Å². The number of carbonyl (C=O) groups excluding carboxylic acids is 1. The normalized spacial score (nSPS) is 11.9. The Balaban J connectivity index is 2.02. The highest BCUT2D eigenvalue weighted by Gasteiger charge is 2.09. The Morgan fingerprint density at radius 1 is 1.24 bits per heavy atom. The lowest BCUT2D eigenvalue weighted by Crippen LogP contribution is -2.14. The van der Waals surface area contributed by atoms with Crippen LogP contribution in [0.3, 0.4) is 0 Å². The molecule has 1 atom stereocenters. The fourth-order valence-corrected chi connectivity index (χ4v) is 2.37. The molecule has 0 aliphatic rings. The summed E-state index contributed by atoms with van der Waals surface area (Å²) in [7, 11) is 0. The van der Waals surface area contributed by atoms with E-state index in [2.05, 4.69) is 21.2 Å². The number of benzene rings is 2. The molecule has 0 saturated heterocycles. The zero-order valence-corrected chi connectivity index (χ0v) is 12.8. The molecule has 1 unspecified atom stereocenters. The van der Waals surface area contributed by atoms with Crippen LogP contribution in [-0.4, -0.2) is 17.6 Å². The van der Waals surface area contributed by atoms with E-state index in [1.54, 1.807) is 42.5 Å². The monoisotopic (exact) mass is 349 g/mol. The Morgan fingerprint density at radius 3 is 2.48 bits per heavy atom. The molecular formula is C15H16BrN3O2. The summed E-state index contributed by atoms with van der Waals surface area (Å²) >= 11 is 3.36. The van der Waals surface area contributed by atoms with Gasteiger partial charge in [-0.15, -0.1) is 0 Å². The third-order valence-electron chi connectivity index (χ3n) is 3.06. The van der Waals surface area contributed by atoms with Crippen LogP contribution in [0.5, 0.6) is 0 Å². The van der Waals surface area contributed by atoms with Crippen LogP contribution in [0.1, 0.15) is 22.0 Å². The number of carbonyl (C=O) groups is 1. The van der Waals surface area contributed by atoms with Gasteiger partial charge >= 0.3 is 0 Å². The van der Waals surface area contributed by atoms with Crippen molar-refractivity contribution >= 4 is 33.2 Å². The van der Waals surface area contributed by atoms with E-state index in [1.807, 2.05) is 0 Å². The number of aliphatic hydroxyl groups excluding tert-OH is 1. The van der Waals surface area contributed by atoms with Crippen LogP contribution in [-0.2, 0) is 0 Å². The molecule has 0 spiro atoms. The van der Waals surface area contributed by atoms with Crippen molar-refractivity contribution in [1.29, 1.82) is 0 Å². The van der Waals surface area contributed by atoms with E-state index in [1.165, 1.54) is 0 Å². The second-order valence-corrected chi connectivity index (χ2v) is 5.48. The zero-order valence-electron chi connectivity index (χ0n) is 11.2. The molecule has 0 aromatic heterocycles. The van der Waals surface area contributed by atoms with E-state index in [-0.39, 0.29) is 0 Å². The average molecular weight is 350 g/mol. The summed E-state index contributed by atoms with van der Waals surface area (Å²) in [5.74, 6) is -0.482. The lowest BCUT2D eigenvalue weighted by Gasteiger charge is -2.14. The van der Waals surface area contributed by atoms with Gasteiger partial charge in [-0.3, -0.25) is 4.79 Å². The molecule has 0 aliphatic heterocycles. The predicted molar refractivity (Wildman–Crippen MR) is 87.0 cm³/mol. The topological polar surface area (TPSA) is 101 Å². The number of hydrogen-bond acceptors (Lipinski definition) is 4. The lowest BCUT2D eigenvalue weighted by molar-refractivity contribution is 0.1000. The summed E-state index contributed by atoms with van der Waals surface area (Å²) in [4.78, 5) is 11.1. The van der Waals surface area contributed by atoms with Gasteiger partial charge in [-0.05, 0) is 51.8 Å². The van der Waals surface area contributed by atoms with Gasteiger partial charge in [-0.2, -0.15) is 0 Å². The van der Waals surface area contributed by atoms with Crippen LogP contribution < -0.4 is 16.8 Å². The highest BCUT2D eigenvalue weighted by Crippen LogP contribution is 2.24. The number of aliphatic hydroxyl groups is 1. The minimum Gasteiger partial charge on any atom is -0.399 e. The largest absolute Gasteiger partial charge is 0.399 e. The fraction of sp³-hybridized carbons (Fsp3) is 0.133. The van der Waals surface area contributed by atoms with Crippen molar-refractivity contribution in [2.75, 3.05) is 17.6 Å². The minimum atomic E-state index is -0.659. The molecule has 0 bridgehead atoms. The van der Waals surface area contributed by atoms with Gasteiger partial charge in [0.2, 0.25) is 5.91 Å². The van der Waals surface area contributed by atoms with Crippen LogP contribution in [0.15, 0.2) is 46.9 Å². The second kappa shape index (κ2) is 6.60. The number of nitrogens with one attached hydrogen (secondary N) is 1. The molecule has 2 aromatic carbocycles. The minimum absolute atomic E-state index is 0.332. The van der Waals surface area contributed by atoms with Crippen LogP contribution in [0.25, 0.3) is 0 Å². The van der Waals surface area contributed by atoms with Crippen molar-refractivity contribution in [2.24, 2.45) is 5.73 Å². The van der Waals surface area contributed by atoms with Gasteiger partial charge in [0, 0.05) is 28.0 Å². The molecule has 0 radical (unpaired) electrons. The van der Waals surface area contributed by atoms with Crippen molar-refractivity contribution in [3.63, 3.8) is 0 Å². The maximum absolute atomic E-state index is 11.1.